The normalized spacial score (nSPS) is 14.5. The van der Waals surface area contributed by atoms with E-state index in [-0.39, 0.29) is 0 Å². The second-order valence-electron chi connectivity index (χ2n) is 5.33. The van der Waals surface area contributed by atoms with Crippen LogP contribution in [0.2, 0.25) is 0 Å². The summed E-state index contributed by atoms with van der Waals surface area (Å²) in [4.78, 5) is 8.84. The molecule has 4 rings (SSSR count). The molecule has 5 nitrogen and oxygen atoms in total. The topological polar surface area (TPSA) is 55.6 Å². The first-order valence-corrected chi connectivity index (χ1v) is 7.75. The highest BCUT2D eigenvalue weighted by atomic mass is 35.5. The zero-order chi connectivity index (χ0) is 15.6. The largest absolute Gasteiger partial charge is 0.342 e. The van der Waals surface area contributed by atoms with Crippen molar-refractivity contribution in [2.75, 3.05) is 5.32 Å². The van der Waals surface area contributed by atoms with Gasteiger partial charge in [-0.05, 0) is 31.1 Å². The third kappa shape index (κ3) is 2.96. The molecule has 114 valence electrons. The summed E-state index contributed by atoms with van der Waals surface area (Å²) in [7, 11) is 0. The Morgan fingerprint density at radius 1 is 1.09 bits per heavy atom. The minimum Gasteiger partial charge on any atom is -0.342 e. The fourth-order valence-electron chi connectivity index (χ4n) is 2.49. The number of halogens is 1. The van der Waals surface area contributed by atoms with Crippen LogP contribution in [0.15, 0.2) is 65.7 Å². The van der Waals surface area contributed by atoms with Crippen molar-refractivity contribution in [3.05, 3.63) is 65.7 Å². The monoisotopic (exact) mass is 323 g/mol. The standard InChI is InChI=1S/C17H14ClN5/c18-13-5-7-14(8-6-13)20-16-9-19-10-17(21-16)23-11-12-3-1-2-4-15(12)22-23/h1-5,7,9-11H,6,8H2,(H,20,21). The summed E-state index contributed by atoms with van der Waals surface area (Å²) in [5.74, 6) is 1.37. The Labute approximate surface area is 138 Å². The Hall–Kier alpha value is -2.66. The predicted octanol–water partition coefficient (Wildman–Crippen LogP) is 4.03. The fourth-order valence-corrected chi connectivity index (χ4v) is 2.65. The maximum atomic E-state index is 5.98. The predicted molar refractivity (Wildman–Crippen MR) is 91.5 cm³/mol. The Morgan fingerprint density at radius 3 is 2.83 bits per heavy atom. The van der Waals surface area contributed by atoms with Crippen molar-refractivity contribution in [2.24, 2.45) is 0 Å². The van der Waals surface area contributed by atoms with Crippen molar-refractivity contribution in [2.45, 2.75) is 12.8 Å². The van der Waals surface area contributed by atoms with Gasteiger partial charge < -0.3 is 5.32 Å². The molecule has 0 saturated carbocycles. The number of anilines is 1. The van der Waals surface area contributed by atoms with Gasteiger partial charge in [-0.1, -0.05) is 29.8 Å². The van der Waals surface area contributed by atoms with Gasteiger partial charge in [0.05, 0.1) is 17.9 Å². The molecule has 0 saturated heterocycles. The van der Waals surface area contributed by atoms with Crippen molar-refractivity contribution in [3.8, 4) is 5.82 Å². The quantitative estimate of drug-likeness (QED) is 0.790. The molecule has 1 N–H and O–H groups in total. The van der Waals surface area contributed by atoms with Gasteiger partial charge in [0, 0.05) is 22.3 Å². The van der Waals surface area contributed by atoms with Crippen molar-refractivity contribution in [1.29, 1.82) is 0 Å². The van der Waals surface area contributed by atoms with E-state index in [1.54, 1.807) is 17.1 Å². The lowest BCUT2D eigenvalue weighted by atomic mass is 10.1. The van der Waals surface area contributed by atoms with Crippen molar-refractivity contribution < 1.29 is 0 Å². The lowest BCUT2D eigenvalue weighted by Gasteiger charge is -2.13. The van der Waals surface area contributed by atoms with E-state index in [4.69, 9.17) is 11.6 Å². The van der Waals surface area contributed by atoms with Crippen LogP contribution in [-0.4, -0.2) is 19.7 Å². The third-order valence-electron chi connectivity index (χ3n) is 3.66. The molecule has 1 aliphatic rings. The lowest BCUT2D eigenvalue weighted by molar-refractivity contribution is 0.849. The van der Waals surface area contributed by atoms with E-state index in [0.717, 1.165) is 34.5 Å². The number of hydrogen-bond acceptors (Lipinski definition) is 4. The van der Waals surface area contributed by atoms with E-state index in [9.17, 15) is 0 Å². The van der Waals surface area contributed by atoms with Gasteiger partial charge in [0.25, 0.3) is 0 Å². The number of nitrogens with one attached hydrogen (secondary N) is 1. The summed E-state index contributed by atoms with van der Waals surface area (Å²) in [6, 6.07) is 7.96. The average Bonchev–Trinajstić information content (AvgIpc) is 3.01. The van der Waals surface area contributed by atoms with Crippen LogP contribution in [0.5, 0.6) is 0 Å². The molecular formula is C17H14ClN5. The fraction of sp³-hybridized carbons (Fsp3) is 0.118. The first-order chi connectivity index (χ1) is 11.3. The van der Waals surface area contributed by atoms with Crippen LogP contribution in [0.3, 0.4) is 0 Å². The Balaban J connectivity index is 1.63. The highest BCUT2D eigenvalue weighted by molar-refractivity contribution is 6.29. The molecule has 23 heavy (non-hydrogen) atoms. The van der Waals surface area contributed by atoms with Gasteiger partial charge in [0.15, 0.2) is 11.6 Å². The van der Waals surface area contributed by atoms with Crippen LogP contribution in [0, 0.1) is 0 Å². The molecule has 0 aliphatic heterocycles. The van der Waals surface area contributed by atoms with Crippen molar-refractivity contribution in [3.63, 3.8) is 0 Å². The van der Waals surface area contributed by atoms with Gasteiger partial charge in [-0.2, -0.15) is 5.10 Å². The lowest BCUT2D eigenvalue weighted by Crippen LogP contribution is -2.06. The van der Waals surface area contributed by atoms with Crippen molar-refractivity contribution in [1.82, 2.24) is 19.7 Å². The molecule has 0 radical (unpaired) electrons. The van der Waals surface area contributed by atoms with Gasteiger partial charge in [-0.15, -0.1) is 0 Å². The van der Waals surface area contributed by atoms with Gasteiger partial charge in [-0.3, -0.25) is 4.98 Å². The average molecular weight is 324 g/mol. The summed E-state index contributed by atoms with van der Waals surface area (Å²) in [5, 5.41) is 9.76. The number of aromatic nitrogens is 4. The summed E-state index contributed by atoms with van der Waals surface area (Å²) < 4.78 is 1.74. The Bertz CT molecular complexity index is 892. The second kappa shape index (κ2) is 5.85. The molecule has 1 aliphatic carbocycles. The number of hydrogen-bond donors (Lipinski definition) is 1. The highest BCUT2D eigenvalue weighted by Crippen LogP contribution is 2.22. The zero-order valence-corrected chi connectivity index (χ0v) is 13.0. The second-order valence-corrected chi connectivity index (χ2v) is 5.81. The molecule has 0 spiro atoms. The first kappa shape index (κ1) is 14.0. The van der Waals surface area contributed by atoms with E-state index in [1.165, 1.54) is 0 Å². The number of benzene rings is 1. The van der Waals surface area contributed by atoms with Gasteiger partial charge >= 0.3 is 0 Å². The number of rotatable bonds is 3. The van der Waals surface area contributed by atoms with E-state index in [1.807, 2.05) is 42.6 Å². The molecule has 0 unspecified atom stereocenters. The molecule has 0 amide bonds. The summed E-state index contributed by atoms with van der Waals surface area (Å²) in [5.41, 5.74) is 2.01. The van der Waals surface area contributed by atoms with Crippen LogP contribution in [0.25, 0.3) is 16.7 Å². The molecule has 2 heterocycles. The minimum atomic E-state index is 0.677. The van der Waals surface area contributed by atoms with E-state index < -0.39 is 0 Å². The van der Waals surface area contributed by atoms with Crippen LogP contribution in [-0.2, 0) is 0 Å². The van der Waals surface area contributed by atoms with Crippen LogP contribution in [0.1, 0.15) is 12.8 Å². The molecule has 0 atom stereocenters. The van der Waals surface area contributed by atoms with Gasteiger partial charge in [0.1, 0.15) is 0 Å². The van der Waals surface area contributed by atoms with Crippen LogP contribution in [0.4, 0.5) is 5.82 Å². The smallest absolute Gasteiger partial charge is 0.174 e. The van der Waals surface area contributed by atoms with E-state index in [2.05, 4.69) is 20.4 Å². The number of fused-ring (bicyclic) bond motifs is 1. The van der Waals surface area contributed by atoms with E-state index >= 15 is 0 Å². The van der Waals surface area contributed by atoms with E-state index in [0.29, 0.717) is 11.6 Å². The molecule has 6 heteroatoms. The molecule has 2 aromatic heterocycles. The van der Waals surface area contributed by atoms with Crippen LogP contribution >= 0.6 is 11.6 Å². The maximum Gasteiger partial charge on any atom is 0.174 e. The minimum absolute atomic E-state index is 0.677. The molecular weight excluding hydrogens is 310 g/mol. The van der Waals surface area contributed by atoms with Gasteiger partial charge in [-0.25, -0.2) is 9.67 Å². The molecule has 0 bridgehead atoms. The van der Waals surface area contributed by atoms with Gasteiger partial charge in [0.2, 0.25) is 0 Å². The SMILES string of the molecule is ClC1=CC=C(Nc2cncc(-n3cc4ccccc4n3)n2)CC1. The molecule has 1 aromatic carbocycles. The molecule has 0 fully saturated rings. The summed E-state index contributed by atoms with van der Waals surface area (Å²) >= 11 is 5.98. The number of nitrogens with zero attached hydrogens (tertiary/aromatic N) is 4. The summed E-state index contributed by atoms with van der Waals surface area (Å²) in [6.45, 7) is 0. The third-order valence-corrected chi connectivity index (χ3v) is 3.97. The first-order valence-electron chi connectivity index (χ1n) is 7.37. The van der Waals surface area contributed by atoms with Crippen molar-refractivity contribution >= 4 is 28.3 Å². The highest BCUT2D eigenvalue weighted by Gasteiger charge is 2.08. The molecule has 3 aromatic rings. The zero-order valence-electron chi connectivity index (χ0n) is 12.3. The Kier molecular flexibility index (Phi) is 3.55. The summed E-state index contributed by atoms with van der Waals surface area (Å²) in [6.07, 6.45) is 10.9. The van der Waals surface area contributed by atoms with Crippen LogP contribution < -0.4 is 5.32 Å². The maximum absolute atomic E-state index is 5.98. The Morgan fingerprint density at radius 2 is 2.00 bits per heavy atom. The number of allylic oxidation sites excluding steroid dienone is 4.